The van der Waals surface area contributed by atoms with Crippen LogP contribution in [0.2, 0.25) is 0 Å². The molecule has 0 radical (unpaired) electrons. The van der Waals surface area contributed by atoms with Gasteiger partial charge in [0.1, 0.15) is 0 Å². The second-order valence-electron chi connectivity index (χ2n) is 5.12. The third-order valence-corrected chi connectivity index (χ3v) is 3.83. The molecular formula is C13H16N4O2. The number of nitro groups is 1. The van der Waals surface area contributed by atoms with Crippen molar-refractivity contribution in [3.05, 3.63) is 34.5 Å². The van der Waals surface area contributed by atoms with E-state index in [-0.39, 0.29) is 10.6 Å². The predicted molar refractivity (Wildman–Crippen MR) is 72.2 cm³/mol. The largest absolute Gasteiger partial charge is 0.306 e. The second-order valence-corrected chi connectivity index (χ2v) is 5.12. The highest BCUT2D eigenvalue weighted by molar-refractivity contribution is 5.81. The van der Waals surface area contributed by atoms with Crippen molar-refractivity contribution >= 4 is 16.6 Å². The number of nitrogens with zero attached hydrogens (tertiary/aromatic N) is 4. The van der Waals surface area contributed by atoms with Gasteiger partial charge >= 0.3 is 0 Å². The molecule has 1 aromatic carbocycles. The van der Waals surface area contributed by atoms with Crippen LogP contribution < -0.4 is 0 Å². The lowest BCUT2D eigenvalue weighted by Crippen LogP contribution is -2.31. The Kier molecular flexibility index (Phi) is 2.94. The number of piperidine rings is 1. The van der Waals surface area contributed by atoms with Gasteiger partial charge in [-0.05, 0) is 39.0 Å². The molecule has 2 heterocycles. The standard InChI is InChI=1S/C13H16N4O2/c1-15-6-4-11(5-7-15)16-13-8-12(17(18)19)3-2-10(13)9-14-16/h2-3,8-9,11H,4-7H2,1H3. The van der Waals surface area contributed by atoms with Crippen LogP contribution in [0.15, 0.2) is 24.4 Å². The first kappa shape index (κ1) is 12.1. The molecule has 100 valence electrons. The van der Waals surface area contributed by atoms with Gasteiger partial charge in [-0.2, -0.15) is 5.10 Å². The average Bonchev–Trinajstić information content (AvgIpc) is 2.82. The summed E-state index contributed by atoms with van der Waals surface area (Å²) in [6.07, 6.45) is 3.86. The van der Waals surface area contributed by atoms with Crippen LogP contribution in [-0.2, 0) is 0 Å². The molecule has 1 saturated heterocycles. The molecule has 6 heteroatoms. The number of rotatable bonds is 2. The lowest BCUT2D eigenvalue weighted by atomic mass is 10.1. The molecule has 0 saturated carbocycles. The molecule has 1 aliphatic rings. The molecule has 0 spiro atoms. The number of nitro benzene ring substituents is 1. The van der Waals surface area contributed by atoms with Crippen LogP contribution in [0.4, 0.5) is 5.69 Å². The van der Waals surface area contributed by atoms with Crippen molar-refractivity contribution in [3.8, 4) is 0 Å². The molecule has 2 aromatic rings. The van der Waals surface area contributed by atoms with E-state index < -0.39 is 0 Å². The molecule has 0 amide bonds. The highest BCUT2D eigenvalue weighted by Crippen LogP contribution is 2.27. The van der Waals surface area contributed by atoms with Crippen LogP contribution in [0.25, 0.3) is 10.9 Å². The van der Waals surface area contributed by atoms with Gasteiger partial charge in [0.2, 0.25) is 0 Å². The summed E-state index contributed by atoms with van der Waals surface area (Å²) in [6.45, 7) is 2.09. The summed E-state index contributed by atoms with van der Waals surface area (Å²) in [4.78, 5) is 12.8. The van der Waals surface area contributed by atoms with Crippen LogP contribution >= 0.6 is 0 Å². The SMILES string of the molecule is CN1CCC(n2ncc3ccc([N+](=O)[O-])cc32)CC1. The van der Waals surface area contributed by atoms with Crippen LogP contribution in [0.3, 0.4) is 0 Å². The topological polar surface area (TPSA) is 64.2 Å². The summed E-state index contributed by atoms with van der Waals surface area (Å²) in [6, 6.07) is 5.27. The predicted octanol–water partition coefficient (Wildman–Crippen LogP) is 2.21. The third-order valence-electron chi connectivity index (χ3n) is 3.83. The van der Waals surface area contributed by atoms with Crippen molar-refractivity contribution in [2.75, 3.05) is 20.1 Å². The molecule has 1 fully saturated rings. The van der Waals surface area contributed by atoms with Crippen LogP contribution in [0.1, 0.15) is 18.9 Å². The first-order valence-electron chi connectivity index (χ1n) is 6.45. The van der Waals surface area contributed by atoms with Crippen molar-refractivity contribution < 1.29 is 4.92 Å². The fourth-order valence-electron chi connectivity index (χ4n) is 2.67. The molecule has 6 nitrogen and oxygen atoms in total. The lowest BCUT2D eigenvalue weighted by molar-refractivity contribution is -0.384. The first-order chi connectivity index (χ1) is 9.15. The number of fused-ring (bicyclic) bond motifs is 1. The third kappa shape index (κ3) is 2.19. The molecule has 0 N–H and O–H groups in total. The van der Waals surface area contributed by atoms with E-state index in [0.717, 1.165) is 36.8 Å². The van der Waals surface area contributed by atoms with Crippen molar-refractivity contribution in [2.24, 2.45) is 0 Å². The van der Waals surface area contributed by atoms with Gasteiger partial charge in [0.15, 0.2) is 0 Å². The van der Waals surface area contributed by atoms with E-state index >= 15 is 0 Å². The first-order valence-corrected chi connectivity index (χ1v) is 6.45. The van der Waals surface area contributed by atoms with Gasteiger partial charge in [0, 0.05) is 17.5 Å². The number of hydrogen-bond donors (Lipinski definition) is 0. The lowest BCUT2D eigenvalue weighted by Gasteiger charge is -2.29. The molecule has 3 rings (SSSR count). The van der Waals surface area contributed by atoms with E-state index in [0.29, 0.717) is 6.04 Å². The molecule has 0 atom stereocenters. The Bertz CT molecular complexity index is 614. The molecule has 1 aliphatic heterocycles. The Morgan fingerprint density at radius 2 is 2.11 bits per heavy atom. The monoisotopic (exact) mass is 260 g/mol. The maximum absolute atomic E-state index is 10.9. The zero-order valence-corrected chi connectivity index (χ0v) is 10.8. The van der Waals surface area contributed by atoms with Crippen molar-refractivity contribution in [2.45, 2.75) is 18.9 Å². The van der Waals surface area contributed by atoms with E-state index in [9.17, 15) is 10.1 Å². The number of likely N-dealkylation sites (tertiary alicyclic amines) is 1. The Balaban J connectivity index is 1.99. The quantitative estimate of drug-likeness (QED) is 0.613. The Hall–Kier alpha value is -1.95. The van der Waals surface area contributed by atoms with Crippen LogP contribution in [-0.4, -0.2) is 39.7 Å². The zero-order chi connectivity index (χ0) is 13.4. The fourth-order valence-corrected chi connectivity index (χ4v) is 2.67. The van der Waals surface area contributed by atoms with Crippen molar-refractivity contribution in [3.63, 3.8) is 0 Å². The molecule has 19 heavy (non-hydrogen) atoms. The van der Waals surface area contributed by atoms with Crippen LogP contribution in [0.5, 0.6) is 0 Å². The molecule has 0 bridgehead atoms. The molecule has 0 unspecified atom stereocenters. The Morgan fingerprint density at radius 3 is 2.79 bits per heavy atom. The highest BCUT2D eigenvalue weighted by Gasteiger charge is 2.21. The molecule has 1 aromatic heterocycles. The Morgan fingerprint density at radius 1 is 1.37 bits per heavy atom. The van der Waals surface area contributed by atoms with Gasteiger partial charge in [-0.3, -0.25) is 14.8 Å². The van der Waals surface area contributed by atoms with Gasteiger partial charge in [0.05, 0.1) is 22.7 Å². The van der Waals surface area contributed by atoms with E-state index in [2.05, 4.69) is 17.0 Å². The fraction of sp³-hybridized carbons (Fsp3) is 0.462. The number of hydrogen-bond acceptors (Lipinski definition) is 4. The summed E-state index contributed by atoms with van der Waals surface area (Å²) in [5, 5.41) is 16.2. The van der Waals surface area contributed by atoms with Gasteiger partial charge in [-0.25, -0.2) is 0 Å². The summed E-state index contributed by atoms with van der Waals surface area (Å²) < 4.78 is 1.95. The number of non-ortho nitro benzene ring substituents is 1. The van der Waals surface area contributed by atoms with E-state index in [1.165, 1.54) is 6.07 Å². The van der Waals surface area contributed by atoms with E-state index in [1.807, 2.05) is 4.68 Å². The van der Waals surface area contributed by atoms with Gasteiger partial charge in [-0.1, -0.05) is 0 Å². The Labute approximate surface area is 110 Å². The minimum atomic E-state index is -0.356. The van der Waals surface area contributed by atoms with Crippen molar-refractivity contribution in [1.82, 2.24) is 14.7 Å². The zero-order valence-electron chi connectivity index (χ0n) is 10.8. The summed E-state index contributed by atoms with van der Waals surface area (Å²) in [5.41, 5.74) is 0.992. The van der Waals surface area contributed by atoms with Gasteiger partial charge < -0.3 is 4.90 Å². The normalized spacial score (nSPS) is 17.9. The average molecular weight is 260 g/mol. The second kappa shape index (κ2) is 4.62. The minimum Gasteiger partial charge on any atom is -0.306 e. The molecule has 0 aliphatic carbocycles. The highest BCUT2D eigenvalue weighted by atomic mass is 16.6. The number of benzene rings is 1. The van der Waals surface area contributed by atoms with Crippen molar-refractivity contribution in [1.29, 1.82) is 0 Å². The minimum absolute atomic E-state index is 0.127. The maximum Gasteiger partial charge on any atom is 0.271 e. The smallest absolute Gasteiger partial charge is 0.271 e. The summed E-state index contributed by atoms with van der Waals surface area (Å²) in [5.74, 6) is 0. The summed E-state index contributed by atoms with van der Waals surface area (Å²) >= 11 is 0. The molecular weight excluding hydrogens is 244 g/mol. The van der Waals surface area contributed by atoms with Gasteiger partial charge in [-0.15, -0.1) is 0 Å². The van der Waals surface area contributed by atoms with E-state index in [4.69, 9.17) is 0 Å². The van der Waals surface area contributed by atoms with Gasteiger partial charge in [0.25, 0.3) is 5.69 Å². The van der Waals surface area contributed by atoms with Crippen LogP contribution in [0, 0.1) is 10.1 Å². The maximum atomic E-state index is 10.9. The van der Waals surface area contributed by atoms with E-state index in [1.54, 1.807) is 18.3 Å². The number of aromatic nitrogens is 2. The summed E-state index contributed by atoms with van der Waals surface area (Å²) in [7, 11) is 2.11.